The molecule has 5 nitrogen and oxygen atoms in total. The fraction of sp³-hybridized carbons (Fsp3) is 0.310. The van der Waals surface area contributed by atoms with Crippen molar-refractivity contribution in [3.05, 3.63) is 95.1 Å². The summed E-state index contributed by atoms with van der Waals surface area (Å²) in [6.07, 6.45) is 1.19. The third-order valence-electron chi connectivity index (χ3n) is 6.34. The summed E-state index contributed by atoms with van der Waals surface area (Å²) in [5.74, 6) is 0.595. The molecule has 176 valence electrons. The average molecular weight is 457 g/mol. The van der Waals surface area contributed by atoms with Gasteiger partial charge in [-0.1, -0.05) is 67.9 Å². The molecule has 3 aromatic rings. The van der Waals surface area contributed by atoms with Gasteiger partial charge in [0, 0.05) is 18.7 Å². The summed E-state index contributed by atoms with van der Waals surface area (Å²) >= 11 is 0. The normalized spacial score (nSPS) is 15.9. The number of carbonyl (C=O) groups is 2. The number of fused-ring (bicyclic) bond motifs is 1. The van der Waals surface area contributed by atoms with E-state index in [0.717, 1.165) is 28.8 Å². The number of ether oxygens (including phenoxy) is 1. The number of nitrogens with zero attached hydrogens (tertiary/aromatic N) is 1. The van der Waals surface area contributed by atoms with Crippen molar-refractivity contribution in [1.82, 2.24) is 4.90 Å². The highest BCUT2D eigenvalue weighted by molar-refractivity contribution is 5.94. The first kappa shape index (κ1) is 23.6. The van der Waals surface area contributed by atoms with E-state index < -0.39 is 6.10 Å². The van der Waals surface area contributed by atoms with Gasteiger partial charge in [-0.2, -0.15) is 0 Å². The summed E-state index contributed by atoms with van der Waals surface area (Å²) in [4.78, 5) is 27.7. The molecule has 1 N–H and O–H groups in total. The number of hydrogen-bond acceptors (Lipinski definition) is 3. The summed E-state index contributed by atoms with van der Waals surface area (Å²) in [6, 6.07) is 23.7. The van der Waals surface area contributed by atoms with Crippen molar-refractivity contribution in [3.63, 3.8) is 0 Å². The van der Waals surface area contributed by atoms with Gasteiger partial charge in [0.1, 0.15) is 5.75 Å². The highest BCUT2D eigenvalue weighted by atomic mass is 16.5. The number of hydrogen-bond donors (Lipinski definition) is 1. The molecule has 0 unspecified atom stereocenters. The molecule has 1 heterocycles. The summed E-state index contributed by atoms with van der Waals surface area (Å²) in [5, 5.41) is 2.95. The Bertz CT molecular complexity index is 1140. The van der Waals surface area contributed by atoms with Crippen LogP contribution in [0.4, 0.5) is 5.69 Å². The van der Waals surface area contributed by atoms with E-state index in [2.05, 4.69) is 23.5 Å². The van der Waals surface area contributed by atoms with Gasteiger partial charge in [0.15, 0.2) is 6.10 Å². The fourth-order valence-electron chi connectivity index (χ4n) is 4.48. The Balaban J connectivity index is 1.60. The Morgan fingerprint density at radius 3 is 2.44 bits per heavy atom. The molecule has 1 aliphatic rings. The second-order valence-corrected chi connectivity index (χ2v) is 8.73. The fourth-order valence-corrected chi connectivity index (χ4v) is 4.48. The third kappa shape index (κ3) is 5.14. The Morgan fingerprint density at radius 2 is 1.76 bits per heavy atom. The van der Waals surface area contributed by atoms with Crippen LogP contribution in [0.25, 0.3) is 0 Å². The van der Waals surface area contributed by atoms with E-state index in [1.165, 1.54) is 5.56 Å². The van der Waals surface area contributed by atoms with Gasteiger partial charge < -0.3 is 15.0 Å². The Labute approximate surface area is 201 Å². The predicted molar refractivity (Wildman–Crippen MR) is 135 cm³/mol. The molecule has 4 rings (SSSR count). The van der Waals surface area contributed by atoms with Crippen molar-refractivity contribution in [2.45, 2.75) is 52.2 Å². The molecule has 0 spiro atoms. The number of amides is 2. The second kappa shape index (κ2) is 10.6. The van der Waals surface area contributed by atoms with Crippen LogP contribution in [0.5, 0.6) is 5.75 Å². The zero-order valence-electron chi connectivity index (χ0n) is 20.1. The summed E-state index contributed by atoms with van der Waals surface area (Å²) in [5.41, 5.74) is 5.23. The van der Waals surface area contributed by atoms with E-state index in [-0.39, 0.29) is 17.9 Å². The van der Waals surface area contributed by atoms with Crippen LogP contribution in [-0.2, 0) is 16.0 Å². The number of benzene rings is 3. The van der Waals surface area contributed by atoms with Crippen LogP contribution in [0.2, 0.25) is 0 Å². The maximum absolute atomic E-state index is 12.9. The first-order valence-electron chi connectivity index (χ1n) is 12.0. The lowest BCUT2D eigenvalue weighted by atomic mass is 9.87. The van der Waals surface area contributed by atoms with Gasteiger partial charge in [0.25, 0.3) is 5.91 Å². The molecule has 34 heavy (non-hydrogen) atoms. The molecular weight excluding hydrogens is 424 g/mol. The minimum absolute atomic E-state index is 0.134. The molecule has 2 atom stereocenters. The van der Waals surface area contributed by atoms with Crippen molar-refractivity contribution >= 4 is 17.5 Å². The molecule has 0 saturated heterocycles. The molecule has 2 amide bonds. The van der Waals surface area contributed by atoms with E-state index in [1.807, 2.05) is 80.3 Å². The maximum atomic E-state index is 12.9. The molecule has 0 saturated carbocycles. The van der Waals surface area contributed by atoms with Crippen LogP contribution < -0.4 is 10.1 Å². The Morgan fingerprint density at radius 1 is 1.03 bits per heavy atom. The van der Waals surface area contributed by atoms with Gasteiger partial charge in [-0.3, -0.25) is 9.59 Å². The summed E-state index contributed by atoms with van der Waals surface area (Å²) < 4.78 is 6.18. The molecule has 3 aromatic carbocycles. The van der Waals surface area contributed by atoms with Crippen molar-refractivity contribution in [3.8, 4) is 5.75 Å². The smallest absolute Gasteiger partial charge is 0.265 e. The van der Waals surface area contributed by atoms with Crippen molar-refractivity contribution in [2.24, 2.45) is 0 Å². The van der Waals surface area contributed by atoms with Crippen LogP contribution >= 0.6 is 0 Å². The van der Waals surface area contributed by atoms with Gasteiger partial charge in [0.2, 0.25) is 5.91 Å². The molecule has 0 aromatic heterocycles. The minimum atomic E-state index is -0.619. The number of carbonyl (C=O) groups excluding carboxylic acids is 2. The molecule has 0 aliphatic carbocycles. The quantitative estimate of drug-likeness (QED) is 0.498. The highest BCUT2D eigenvalue weighted by Gasteiger charge is 2.32. The van der Waals surface area contributed by atoms with Gasteiger partial charge in [-0.25, -0.2) is 0 Å². The van der Waals surface area contributed by atoms with Gasteiger partial charge in [-0.15, -0.1) is 0 Å². The van der Waals surface area contributed by atoms with Gasteiger partial charge >= 0.3 is 0 Å². The lowest BCUT2D eigenvalue weighted by molar-refractivity contribution is -0.133. The SMILES string of the molecule is CCC(=O)N1CCc2ccc(O[C@H](CC)C(=O)Nc3ccc(C)cc3)cc2[C@@H]1c1ccccc1. The maximum Gasteiger partial charge on any atom is 0.265 e. The lowest BCUT2D eigenvalue weighted by Gasteiger charge is -2.38. The van der Waals surface area contributed by atoms with Crippen LogP contribution in [-0.4, -0.2) is 29.4 Å². The van der Waals surface area contributed by atoms with Crippen LogP contribution in [0.15, 0.2) is 72.8 Å². The minimum Gasteiger partial charge on any atom is -0.481 e. The van der Waals surface area contributed by atoms with Gasteiger partial charge in [0.05, 0.1) is 6.04 Å². The molecule has 1 aliphatic heterocycles. The first-order valence-corrected chi connectivity index (χ1v) is 12.0. The van der Waals surface area contributed by atoms with E-state index >= 15 is 0 Å². The topological polar surface area (TPSA) is 58.6 Å². The average Bonchev–Trinajstić information content (AvgIpc) is 2.87. The van der Waals surface area contributed by atoms with Crippen LogP contribution in [0.3, 0.4) is 0 Å². The zero-order chi connectivity index (χ0) is 24.1. The van der Waals surface area contributed by atoms with E-state index in [0.29, 0.717) is 25.1 Å². The monoisotopic (exact) mass is 456 g/mol. The Hall–Kier alpha value is -3.60. The van der Waals surface area contributed by atoms with Crippen molar-refractivity contribution in [2.75, 3.05) is 11.9 Å². The van der Waals surface area contributed by atoms with Crippen molar-refractivity contribution < 1.29 is 14.3 Å². The second-order valence-electron chi connectivity index (χ2n) is 8.73. The lowest BCUT2D eigenvalue weighted by Crippen LogP contribution is -2.40. The summed E-state index contributed by atoms with van der Waals surface area (Å²) in [6.45, 7) is 6.54. The summed E-state index contributed by atoms with van der Waals surface area (Å²) in [7, 11) is 0. The number of rotatable bonds is 7. The molecule has 0 bridgehead atoms. The molecule has 0 fully saturated rings. The number of aryl methyl sites for hydroxylation is 1. The third-order valence-corrected chi connectivity index (χ3v) is 6.34. The molecule has 0 radical (unpaired) electrons. The van der Waals surface area contributed by atoms with E-state index in [9.17, 15) is 9.59 Å². The predicted octanol–water partition coefficient (Wildman–Crippen LogP) is 5.68. The van der Waals surface area contributed by atoms with Crippen LogP contribution in [0, 0.1) is 6.92 Å². The van der Waals surface area contributed by atoms with E-state index in [4.69, 9.17) is 4.74 Å². The van der Waals surface area contributed by atoms with Gasteiger partial charge in [-0.05, 0) is 60.7 Å². The zero-order valence-corrected chi connectivity index (χ0v) is 20.1. The number of anilines is 1. The van der Waals surface area contributed by atoms with E-state index in [1.54, 1.807) is 0 Å². The highest BCUT2D eigenvalue weighted by Crippen LogP contribution is 2.37. The van der Waals surface area contributed by atoms with Crippen molar-refractivity contribution in [1.29, 1.82) is 0 Å². The molecule has 5 heteroatoms. The largest absolute Gasteiger partial charge is 0.481 e. The van der Waals surface area contributed by atoms with Crippen LogP contribution in [0.1, 0.15) is 55.0 Å². The first-order chi connectivity index (χ1) is 16.5. The molecular formula is C29H32N2O3. The Kier molecular flexibility index (Phi) is 7.31. The standard InChI is InChI=1S/C29H32N2O3/c1-4-26(29(33)30-23-14-11-20(3)12-15-23)34-24-16-13-21-17-18-31(27(32)5-2)28(25(21)19-24)22-9-7-6-8-10-22/h6-16,19,26,28H,4-5,17-18H2,1-3H3,(H,30,33)/t26-,28+/m1/s1. The number of nitrogens with one attached hydrogen (secondary N) is 1.